The molecule has 0 aromatic rings. The highest BCUT2D eigenvalue weighted by atomic mass is 16.4. The number of aliphatic carboxylic acids is 1. The summed E-state index contributed by atoms with van der Waals surface area (Å²) >= 11 is 0. The second-order valence-corrected chi connectivity index (χ2v) is 3.26. The van der Waals surface area contributed by atoms with Crippen LogP contribution in [0.15, 0.2) is 12.2 Å². The fraction of sp³-hybridized carbons (Fsp3) is 0.625. The third-order valence-electron chi connectivity index (χ3n) is 2.51. The van der Waals surface area contributed by atoms with Crippen LogP contribution in [0.25, 0.3) is 0 Å². The molecule has 0 spiro atoms. The molecule has 0 amide bonds. The van der Waals surface area contributed by atoms with Crippen LogP contribution in [0.1, 0.15) is 6.42 Å². The zero-order valence-electron chi connectivity index (χ0n) is 6.16. The molecule has 3 heteroatoms. The fourth-order valence-corrected chi connectivity index (χ4v) is 1.87. The predicted molar refractivity (Wildman–Crippen MR) is 40.2 cm³/mol. The molecule has 60 valence electrons. The lowest BCUT2D eigenvalue weighted by molar-refractivity contribution is -0.143. The van der Waals surface area contributed by atoms with Crippen molar-refractivity contribution >= 4 is 5.97 Å². The van der Waals surface area contributed by atoms with Gasteiger partial charge < -0.3 is 10.4 Å². The Bertz CT molecular complexity index is 212. The monoisotopic (exact) mass is 153 g/mol. The highest BCUT2D eigenvalue weighted by Gasteiger charge is 2.35. The molecular weight excluding hydrogens is 142 g/mol. The van der Waals surface area contributed by atoms with Gasteiger partial charge >= 0.3 is 5.97 Å². The van der Waals surface area contributed by atoms with Gasteiger partial charge in [0.1, 0.15) is 0 Å². The van der Waals surface area contributed by atoms with Crippen molar-refractivity contribution in [2.45, 2.75) is 12.5 Å². The van der Waals surface area contributed by atoms with Crippen LogP contribution in [-0.2, 0) is 4.79 Å². The van der Waals surface area contributed by atoms with Gasteiger partial charge in [0.25, 0.3) is 0 Å². The molecule has 1 aliphatic carbocycles. The van der Waals surface area contributed by atoms with Crippen LogP contribution in [0.2, 0.25) is 0 Å². The van der Waals surface area contributed by atoms with Gasteiger partial charge in [-0.15, -0.1) is 0 Å². The summed E-state index contributed by atoms with van der Waals surface area (Å²) in [4.78, 5) is 10.7. The zero-order valence-corrected chi connectivity index (χ0v) is 6.16. The van der Waals surface area contributed by atoms with Gasteiger partial charge in [-0.05, 0) is 12.3 Å². The van der Waals surface area contributed by atoms with Crippen molar-refractivity contribution in [1.82, 2.24) is 5.32 Å². The minimum absolute atomic E-state index is 0.0810. The summed E-state index contributed by atoms with van der Waals surface area (Å²) in [5.41, 5.74) is 0. The first-order valence-corrected chi connectivity index (χ1v) is 3.92. The molecule has 0 aromatic heterocycles. The first kappa shape index (κ1) is 6.85. The van der Waals surface area contributed by atoms with Gasteiger partial charge in [-0.1, -0.05) is 12.2 Å². The number of hydrogen-bond donors (Lipinski definition) is 2. The molecule has 1 saturated heterocycles. The van der Waals surface area contributed by atoms with Crippen LogP contribution in [0.3, 0.4) is 0 Å². The summed E-state index contributed by atoms with van der Waals surface area (Å²) < 4.78 is 0. The number of rotatable bonds is 1. The minimum atomic E-state index is -0.670. The van der Waals surface area contributed by atoms with E-state index in [1.54, 1.807) is 0 Å². The summed E-state index contributed by atoms with van der Waals surface area (Å²) in [5.74, 6) is -0.420. The number of carboxylic acids is 1. The zero-order chi connectivity index (χ0) is 7.84. The Morgan fingerprint density at radius 3 is 2.64 bits per heavy atom. The molecule has 0 aromatic carbocycles. The predicted octanol–water partition coefficient (Wildman–Crippen LogP) is 0.235. The van der Waals surface area contributed by atoms with E-state index in [1.807, 2.05) is 6.08 Å². The smallest absolute Gasteiger partial charge is 0.308 e. The Balaban J connectivity index is 2.17. The molecule has 11 heavy (non-hydrogen) atoms. The molecule has 3 aliphatic rings. The first-order valence-electron chi connectivity index (χ1n) is 3.92. The Kier molecular flexibility index (Phi) is 1.46. The van der Waals surface area contributed by atoms with Gasteiger partial charge in [-0.3, -0.25) is 4.79 Å². The fourth-order valence-electron chi connectivity index (χ4n) is 1.87. The Morgan fingerprint density at radius 2 is 2.36 bits per heavy atom. The second-order valence-electron chi connectivity index (χ2n) is 3.26. The van der Waals surface area contributed by atoms with Crippen LogP contribution in [0.5, 0.6) is 0 Å². The molecule has 3 nitrogen and oxygen atoms in total. The van der Waals surface area contributed by atoms with Crippen LogP contribution in [-0.4, -0.2) is 23.7 Å². The number of carboxylic acid groups (broad SMARTS) is 1. The standard InChI is InChI=1S/C8H11NO2/c10-8(11)6-3-5-1-2-7(6)9-4-5/h1-2,5-7,9H,3-4H2,(H,10,11). The largest absolute Gasteiger partial charge is 0.481 e. The lowest BCUT2D eigenvalue weighted by atomic mass is 9.79. The maximum atomic E-state index is 10.7. The van der Waals surface area contributed by atoms with E-state index in [0.717, 1.165) is 13.0 Å². The number of carbonyl (C=O) groups is 1. The van der Waals surface area contributed by atoms with E-state index in [-0.39, 0.29) is 12.0 Å². The van der Waals surface area contributed by atoms with Crippen molar-refractivity contribution in [2.24, 2.45) is 11.8 Å². The lowest BCUT2D eigenvalue weighted by Gasteiger charge is -2.36. The average Bonchev–Trinajstić information content (AvgIpc) is 2.06. The molecule has 2 bridgehead atoms. The van der Waals surface area contributed by atoms with Gasteiger partial charge in [0, 0.05) is 12.6 Å². The molecule has 3 unspecified atom stereocenters. The van der Waals surface area contributed by atoms with E-state index < -0.39 is 5.97 Å². The number of nitrogens with one attached hydrogen (secondary N) is 1. The average molecular weight is 153 g/mol. The van der Waals surface area contributed by atoms with E-state index >= 15 is 0 Å². The third kappa shape index (κ3) is 1.05. The normalized spacial score (nSPS) is 40.9. The van der Waals surface area contributed by atoms with Crippen molar-refractivity contribution < 1.29 is 9.90 Å². The van der Waals surface area contributed by atoms with Crippen molar-refractivity contribution in [3.63, 3.8) is 0 Å². The summed E-state index contributed by atoms with van der Waals surface area (Å²) in [5, 5.41) is 12.0. The number of hydrogen-bond acceptors (Lipinski definition) is 2. The minimum Gasteiger partial charge on any atom is -0.481 e. The van der Waals surface area contributed by atoms with Crippen LogP contribution in [0.4, 0.5) is 0 Å². The van der Waals surface area contributed by atoms with Crippen molar-refractivity contribution in [1.29, 1.82) is 0 Å². The van der Waals surface area contributed by atoms with Gasteiger partial charge in [0.05, 0.1) is 5.92 Å². The summed E-state index contributed by atoms with van der Waals surface area (Å²) in [6, 6.07) is 0.0810. The topological polar surface area (TPSA) is 49.3 Å². The third-order valence-corrected chi connectivity index (χ3v) is 2.51. The molecule has 3 rings (SSSR count). The Hall–Kier alpha value is -0.830. The highest BCUT2D eigenvalue weighted by molar-refractivity contribution is 5.72. The van der Waals surface area contributed by atoms with E-state index in [1.165, 1.54) is 0 Å². The molecule has 1 fully saturated rings. The summed E-state index contributed by atoms with van der Waals surface area (Å²) in [7, 11) is 0. The van der Waals surface area contributed by atoms with E-state index in [0.29, 0.717) is 5.92 Å². The number of piperidine rings is 1. The van der Waals surface area contributed by atoms with Gasteiger partial charge in [-0.2, -0.15) is 0 Å². The Morgan fingerprint density at radius 1 is 1.55 bits per heavy atom. The van der Waals surface area contributed by atoms with Gasteiger partial charge in [0.15, 0.2) is 0 Å². The van der Waals surface area contributed by atoms with Crippen molar-refractivity contribution in [3.8, 4) is 0 Å². The molecule has 3 atom stereocenters. The van der Waals surface area contributed by atoms with Crippen molar-refractivity contribution in [3.05, 3.63) is 12.2 Å². The SMILES string of the molecule is O=C(O)C1CC2C=CC1NC2. The maximum Gasteiger partial charge on any atom is 0.308 e. The lowest BCUT2D eigenvalue weighted by Crippen LogP contribution is -2.49. The van der Waals surface area contributed by atoms with Gasteiger partial charge in [-0.25, -0.2) is 0 Å². The molecular formula is C8H11NO2. The molecule has 2 heterocycles. The quantitative estimate of drug-likeness (QED) is 0.530. The molecule has 0 radical (unpaired) electrons. The maximum absolute atomic E-state index is 10.7. The van der Waals surface area contributed by atoms with Crippen molar-refractivity contribution in [2.75, 3.05) is 6.54 Å². The van der Waals surface area contributed by atoms with E-state index in [4.69, 9.17) is 5.11 Å². The first-order chi connectivity index (χ1) is 5.27. The number of fused-ring (bicyclic) bond motifs is 2. The van der Waals surface area contributed by atoms with Crippen LogP contribution in [0, 0.1) is 11.8 Å². The summed E-state index contributed by atoms with van der Waals surface area (Å²) in [6.45, 7) is 0.949. The molecule has 0 saturated carbocycles. The second kappa shape index (κ2) is 2.34. The highest BCUT2D eigenvalue weighted by Crippen LogP contribution is 2.28. The van der Waals surface area contributed by atoms with E-state index in [2.05, 4.69) is 11.4 Å². The van der Waals surface area contributed by atoms with Crippen LogP contribution >= 0.6 is 0 Å². The molecule has 2 aliphatic heterocycles. The van der Waals surface area contributed by atoms with Gasteiger partial charge in [0.2, 0.25) is 0 Å². The van der Waals surface area contributed by atoms with Crippen LogP contribution < -0.4 is 5.32 Å². The Labute approximate surface area is 65.1 Å². The summed E-state index contributed by atoms with van der Waals surface area (Å²) in [6.07, 6.45) is 4.92. The van der Waals surface area contributed by atoms with E-state index in [9.17, 15) is 4.79 Å². The molecule has 2 N–H and O–H groups in total.